The molecule has 3 rings (SSSR count). The number of ether oxygens (including phenoxy) is 3. The van der Waals surface area contributed by atoms with E-state index in [0.29, 0.717) is 37.6 Å². The lowest BCUT2D eigenvalue weighted by molar-refractivity contribution is 0.121. The summed E-state index contributed by atoms with van der Waals surface area (Å²) in [5, 5.41) is 0. The van der Waals surface area contributed by atoms with Crippen LogP contribution in [0, 0.1) is 5.92 Å². The second-order valence-electron chi connectivity index (χ2n) is 5.03. The van der Waals surface area contributed by atoms with Crippen LogP contribution in [0.3, 0.4) is 0 Å². The lowest BCUT2D eigenvalue weighted by atomic mass is 10.1. The van der Waals surface area contributed by atoms with E-state index in [9.17, 15) is 0 Å². The molecule has 0 aliphatic carbocycles. The van der Waals surface area contributed by atoms with Crippen molar-refractivity contribution in [1.82, 2.24) is 15.0 Å². The number of nitrogens with two attached hydrogens (primary N) is 1. The Hall–Kier alpha value is -1.71. The van der Waals surface area contributed by atoms with Crippen molar-refractivity contribution in [2.24, 2.45) is 11.8 Å². The summed E-state index contributed by atoms with van der Waals surface area (Å²) in [6.07, 6.45) is 1.00. The fraction of sp³-hybridized carbons (Fsp3) is 0.750. The number of anilines is 2. The molecule has 21 heavy (non-hydrogen) atoms. The second kappa shape index (κ2) is 6.83. The molecule has 1 atom stereocenters. The van der Waals surface area contributed by atoms with Crippen LogP contribution in [0.15, 0.2) is 0 Å². The maximum Gasteiger partial charge on any atom is 0.323 e. The lowest BCUT2D eigenvalue weighted by Gasteiger charge is -2.26. The maximum atomic E-state index is 5.67. The van der Waals surface area contributed by atoms with E-state index in [1.54, 1.807) is 0 Å². The molecule has 0 spiro atoms. The first-order valence-electron chi connectivity index (χ1n) is 7.11. The molecule has 2 saturated heterocycles. The number of nitrogen functional groups attached to an aromatic ring is 1. The summed E-state index contributed by atoms with van der Waals surface area (Å²) < 4.78 is 16.3. The number of aromatic nitrogens is 3. The normalized spacial score (nSPS) is 22.3. The van der Waals surface area contributed by atoms with E-state index in [-0.39, 0.29) is 6.01 Å². The van der Waals surface area contributed by atoms with Crippen molar-refractivity contribution in [3.8, 4) is 6.01 Å². The van der Waals surface area contributed by atoms with Crippen LogP contribution in [0.5, 0.6) is 6.01 Å². The molecule has 1 aromatic heterocycles. The zero-order valence-electron chi connectivity index (χ0n) is 11.8. The van der Waals surface area contributed by atoms with Gasteiger partial charge in [-0.15, -0.1) is 0 Å². The summed E-state index contributed by atoms with van der Waals surface area (Å²) in [4.78, 5) is 14.8. The van der Waals surface area contributed by atoms with Gasteiger partial charge < -0.3 is 19.1 Å². The first-order valence-corrected chi connectivity index (χ1v) is 7.11. The molecule has 2 aliphatic heterocycles. The third-order valence-corrected chi connectivity index (χ3v) is 3.50. The first kappa shape index (κ1) is 14.2. The van der Waals surface area contributed by atoms with Gasteiger partial charge in [0.05, 0.1) is 26.4 Å². The molecule has 0 saturated carbocycles. The van der Waals surface area contributed by atoms with Gasteiger partial charge in [0.25, 0.3) is 0 Å². The molecule has 9 heteroatoms. The van der Waals surface area contributed by atoms with Crippen LogP contribution >= 0.6 is 0 Å². The molecule has 1 unspecified atom stereocenters. The van der Waals surface area contributed by atoms with Crippen molar-refractivity contribution in [2.45, 2.75) is 6.42 Å². The average Bonchev–Trinajstić information content (AvgIpc) is 3.07. The van der Waals surface area contributed by atoms with E-state index in [2.05, 4.69) is 20.4 Å². The Kier molecular flexibility index (Phi) is 4.63. The standard InChI is InChI=1S/C12H20N6O3/c13-17-10-14-11(18-2-5-19-6-3-18)16-12(15-10)21-8-9-1-4-20-7-9/h9H,1-8,13H2,(H,14,15,16,17). The van der Waals surface area contributed by atoms with Crippen molar-refractivity contribution in [3.05, 3.63) is 0 Å². The largest absolute Gasteiger partial charge is 0.463 e. The van der Waals surface area contributed by atoms with Crippen LogP contribution < -0.4 is 20.9 Å². The maximum absolute atomic E-state index is 5.67. The molecule has 0 aromatic carbocycles. The third-order valence-electron chi connectivity index (χ3n) is 3.50. The van der Waals surface area contributed by atoms with Gasteiger partial charge in [0.2, 0.25) is 11.9 Å². The molecular formula is C12H20N6O3. The summed E-state index contributed by atoms with van der Waals surface area (Å²) in [7, 11) is 0. The lowest BCUT2D eigenvalue weighted by Crippen LogP contribution is -2.37. The fourth-order valence-electron chi connectivity index (χ4n) is 2.29. The number of nitrogens with zero attached hydrogens (tertiary/aromatic N) is 4. The summed E-state index contributed by atoms with van der Waals surface area (Å²) in [5.41, 5.74) is 2.45. The monoisotopic (exact) mass is 296 g/mol. The smallest absolute Gasteiger partial charge is 0.323 e. The van der Waals surface area contributed by atoms with Gasteiger partial charge in [-0.1, -0.05) is 0 Å². The number of hydrogen-bond acceptors (Lipinski definition) is 9. The molecule has 0 radical (unpaired) electrons. The van der Waals surface area contributed by atoms with Crippen LogP contribution in [0.4, 0.5) is 11.9 Å². The average molecular weight is 296 g/mol. The molecule has 2 fully saturated rings. The zero-order chi connectivity index (χ0) is 14.5. The van der Waals surface area contributed by atoms with Gasteiger partial charge >= 0.3 is 6.01 Å². The van der Waals surface area contributed by atoms with Gasteiger partial charge in [-0.05, 0) is 6.42 Å². The predicted octanol–water partition coefficient (Wildman–Crippen LogP) is -0.591. The van der Waals surface area contributed by atoms with Crippen LogP contribution in [0.2, 0.25) is 0 Å². The molecule has 0 amide bonds. The minimum atomic E-state index is 0.284. The van der Waals surface area contributed by atoms with Crippen LogP contribution in [-0.2, 0) is 9.47 Å². The van der Waals surface area contributed by atoms with Crippen LogP contribution in [0.1, 0.15) is 6.42 Å². The topological polar surface area (TPSA) is 108 Å². The highest BCUT2D eigenvalue weighted by Gasteiger charge is 2.19. The Labute approximate surface area is 122 Å². The second-order valence-corrected chi connectivity index (χ2v) is 5.03. The molecule has 0 bridgehead atoms. The number of hydrazine groups is 1. The van der Waals surface area contributed by atoms with Gasteiger partial charge in [-0.25, -0.2) is 5.84 Å². The van der Waals surface area contributed by atoms with Gasteiger partial charge in [0.15, 0.2) is 0 Å². The molecule has 116 valence electrons. The fourth-order valence-corrected chi connectivity index (χ4v) is 2.29. The highest BCUT2D eigenvalue weighted by atomic mass is 16.5. The van der Waals surface area contributed by atoms with Crippen molar-refractivity contribution in [2.75, 3.05) is 56.4 Å². The number of morpholine rings is 1. The highest BCUT2D eigenvalue weighted by Crippen LogP contribution is 2.18. The van der Waals surface area contributed by atoms with Crippen molar-refractivity contribution in [1.29, 1.82) is 0 Å². The molecule has 1 aromatic rings. The van der Waals surface area contributed by atoms with E-state index in [1.165, 1.54) is 0 Å². The first-order chi connectivity index (χ1) is 10.3. The predicted molar refractivity (Wildman–Crippen MR) is 75.1 cm³/mol. The van der Waals surface area contributed by atoms with Gasteiger partial charge in [-0.3, -0.25) is 5.43 Å². The van der Waals surface area contributed by atoms with E-state index >= 15 is 0 Å². The van der Waals surface area contributed by atoms with Crippen LogP contribution in [0.25, 0.3) is 0 Å². The van der Waals surface area contributed by atoms with E-state index < -0.39 is 0 Å². The molecule has 2 aliphatic rings. The molecule has 3 heterocycles. The van der Waals surface area contributed by atoms with E-state index in [1.807, 2.05) is 4.90 Å². The van der Waals surface area contributed by atoms with E-state index in [4.69, 9.17) is 20.1 Å². The Morgan fingerprint density at radius 1 is 1.19 bits per heavy atom. The highest BCUT2D eigenvalue weighted by molar-refractivity contribution is 5.38. The number of rotatable bonds is 5. The molecular weight excluding hydrogens is 276 g/mol. The minimum Gasteiger partial charge on any atom is -0.463 e. The Bertz CT molecular complexity index is 462. The molecule has 3 N–H and O–H groups in total. The van der Waals surface area contributed by atoms with Gasteiger partial charge in [-0.2, -0.15) is 15.0 Å². The Morgan fingerprint density at radius 3 is 2.76 bits per heavy atom. The Morgan fingerprint density at radius 2 is 2.05 bits per heavy atom. The minimum absolute atomic E-state index is 0.284. The van der Waals surface area contributed by atoms with Crippen LogP contribution in [-0.4, -0.2) is 61.1 Å². The summed E-state index contributed by atoms with van der Waals surface area (Å²) >= 11 is 0. The quantitative estimate of drug-likeness (QED) is 0.544. The van der Waals surface area contributed by atoms with Crippen molar-refractivity contribution in [3.63, 3.8) is 0 Å². The molecule has 9 nitrogen and oxygen atoms in total. The van der Waals surface area contributed by atoms with Crippen molar-refractivity contribution < 1.29 is 14.2 Å². The zero-order valence-corrected chi connectivity index (χ0v) is 11.8. The summed E-state index contributed by atoms with van der Waals surface area (Å²) in [5.74, 6) is 6.66. The SMILES string of the molecule is NNc1nc(OCC2CCOC2)nc(N2CCOCC2)n1. The van der Waals surface area contributed by atoms with E-state index in [0.717, 1.165) is 32.7 Å². The summed E-state index contributed by atoms with van der Waals surface area (Å²) in [6.45, 7) is 4.85. The third kappa shape index (κ3) is 3.69. The van der Waals surface area contributed by atoms with Gasteiger partial charge in [0.1, 0.15) is 0 Å². The number of nitrogens with one attached hydrogen (secondary N) is 1. The Balaban J connectivity index is 1.69. The van der Waals surface area contributed by atoms with Crippen molar-refractivity contribution >= 4 is 11.9 Å². The summed E-state index contributed by atoms with van der Waals surface area (Å²) in [6, 6.07) is 0.284. The number of hydrogen-bond donors (Lipinski definition) is 2. The van der Waals surface area contributed by atoms with Gasteiger partial charge in [0, 0.05) is 25.6 Å².